The minimum Gasteiger partial charge on any atom is -0.350 e. The van der Waals surface area contributed by atoms with Gasteiger partial charge in [-0.3, -0.25) is 4.79 Å². The fraction of sp³-hybridized carbons (Fsp3) is 0.600. The quantitative estimate of drug-likeness (QED) is 0.631. The Kier molecular flexibility index (Phi) is 9.66. The van der Waals surface area contributed by atoms with E-state index in [1.807, 2.05) is 44.2 Å². The predicted octanol–water partition coefficient (Wildman–Crippen LogP) is 3.86. The molecule has 0 aliphatic carbocycles. The second kappa shape index (κ2) is 11.5. The second-order valence-corrected chi connectivity index (χ2v) is 6.49. The van der Waals surface area contributed by atoms with Crippen LogP contribution in [0, 0.1) is 0 Å². The molecule has 2 atom stereocenters. The summed E-state index contributed by atoms with van der Waals surface area (Å²) in [7, 11) is 0. The maximum absolute atomic E-state index is 12.4. The minimum absolute atomic E-state index is 0.0361. The van der Waals surface area contributed by atoms with E-state index in [4.69, 9.17) is 0 Å². The first-order valence-electron chi connectivity index (χ1n) is 9.38. The fourth-order valence-electron chi connectivity index (χ4n) is 2.58. The molecule has 0 bridgehead atoms. The molecule has 0 aliphatic heterocycles. The van der Waals surface area contributed by atoms with Crippen LogP contribution in [0.4, 0.5) is 4.79 Å². The van der Waals surface area contributed by atoms with Crippen molar-refractivity contribution in [3.63, 3.8) is 0 Å². The molecule has 0 fully saturated rings. The Morgan fingerprint density at radius 3 is 2.40 bits per heavy atom. The van der Waals surface area contributed by atoms with Gasteiger partial charge in [0.1, 0.15) is 0 Å². The largest absolute Gasteiger partial charge is 0.350 e. The van der Waals surface area contributed by atoms with Crippen LogP contribution in [0.25, 0.3) is 0 Å². The van der Waals surface area contributed by atoms with Gasteiger partial charge < -0.3 is 15.5 Å². The van der Waals surface area contributed by atoms with Gasteiger partial charge in [-0.25, -0.2) is 4.79 Å². The Bertz CT molecular complexity index is 519. The van der Waals surface area contributed by atoms with E-state index in [9.17, 15) is 9.59 Å². The summed E-state index contributed by atoms with van der Waals surface area (Å²) in [4.78, 5) is 26.4. The Morgan fingerprint density at radius 1 is 1.12 bits per heavy atom. The van der Waals surface area contributed by atoms with Crippen LogP contribution in [-0.4, -0.2) is 36.0 Å². The number of nitrogens with one attached hydrogen (secondary N) is 2. The molecular formula is C20H33N3O2. The van der Waals surface area contributed by atoms with Gasteiger partial charge in [0, 0.05) is 25.6 Å². The van der Waals surface area contributed by atoms with Crippen molar-refractivity contribution >= 4 is 11.9 Å². The average molecular weight is 348 g/mol. The van der Waals surface area contributed by atoms with Crippen molar-refractivity contribution in [3.05, 3.63) is 35.9 Å². The van der Waals surface area contributed by atoms with Gasteiger partial charge in [0.05, 0.1) is 6.04 Å². The molecule has 2 N–H and O–H groups in total. The van der Waals surface area contributed by atoms with Crippen LogP contribution in [0.15, 0.2) is 30.3 Å². The number of hydrogen-bond donors (Lipinski definition) is 2. The highest BCUT2D eigenvalue weighted by Gasteiger charge is 2.20. The fourth-order valence-corrected chi connectivity index (χ4v) is 2.58. The van der Waals surface area contributed by atoms with Gasteiger partial charge in [-0.15, -0.1) is 0 Å². The van der Waals surface area contributed by atoms with Crippen LogP contribution in [-0.2, 0) is 4.79 Å². The molecule has 0 heterocycles. The molecular weight excluding hydrogens is 314 g/mol. The van der Waals surface area contributed by atoms with Crippen molar-refractivity contribution in [2.24, 2.45) is 0 Å². The van der Waals surface area contributed by atoms with Gasteiger partial charge in [0.15, 0.2) is 0 Å². The number of amides is 3. The molecule has 5 nitrogen and oxygen atoms in total. The van der Waals surface area contributed by atoms with Gasteiger partial charge in [-0.2, -0.15) is 0 Å². The van der Waals surface area contributed by atoms with Crippen molar-refractivity contribution in [1.29, 1.82) is 0 Å². The summed E-state index contributed by atoms with van der Waals surface area (Å²) >= 11 is 0. The van der Waals surface area contributed by atoms with Crippen LogP contribution in [0.2, 0.25) is 0 Å². The zero-order chi connectivity index (χ0) is 18.7. The van der Waals surface area contributed by atoms with E-state index < -0.39 is 0 Å². The van der Waals surface area contributed by atoms with Crippen LogP contribution in [0.5, 0.6) is 0 Å². The lowest BCUT2D eigenvalue weighted by molar-refractivity contribution is -0.122. The van der Waals surface area contributed by atoms with E-state index in [0.717, 1.165) is 24.8 Å². The van der Waals surface area contributed by atoms with E-state index in [1.54, 1.807) is 4.90 Å². The molecule has 0 saturated carbocycles. The number of rotatable bonds is 10. The van der Waals surface area contributed by atoms with E-state index in [2.05, 4.69) is 24.5 Å². The summed E-state index contributed by atoms with van der Waals surface area (Å²) in [5, 5.41) is 5.95. The smallest absolute Gasteiger partial charge is 0.317 e. The minimum atomic E-state index is -0.0771. The van der Waals surface area contributed by atoms with E-state index in [1.165, 1.54) is 0 Å². The normalized spacial score (nSPS) is 13.0. The maximum atomic E-state index is 12.4. The third-order valence-corrected chi connectivity index (χ3v) is 4.45. The Hall–Kier alpha value is -2.04. The molecule has 1 aromatic rings. The number of nitrogens with zero attached hydrogens (tertiary/aromatic N) is 1. The Balaban J connectivity index is 2.51. The van der Waals surface area contributed by atoms with Gasteiger partial charge in [0.2, 0.25) is 5.91 Å². The molecule has 0 saturated heterocycles. The summed E-state index contributed by atoms with van der Waals surface area (Å²) in [6.45, 7) is 9.24. The van der Waals surface area contributed by atoms with Crippen molar-refractivity contribution in [1.82, 2.24) is 15.5 Å². The zero-order valence-corrected chi connectivity index (χ0v) is 16.0. The molecule has 3 amide bonds. The molecule has 1 rings (SSSR count). The number of benzene rings is 1. The number of carbonyl (C=O) groups is 2. The summed E-state index contributed by atoms with van der Waals surface area (Å²) in [5.74, 6) is -0.0361. The van der Waals surface area contributed by atoms with Crippen LogP contribution in [0.1, 0.15) is 65.0 Å². The molecule has 0 spiro atoms. The van der Waals surface area contributed by atoms with E-state index in [0.29, 0.717) is 19.5 Å². The molecule has 0 aromatic heterocycles. The average Bonchev–Trinajstić information content (AvgIpc) is 2.62. The summed E-state index contributed by atoms with van der Waals surface area (Å²) < 4.78 is 0. The topological polar surface area (TPSA) is 61.4 Å². The first-order chi connectivity index (χ1) is 12.0. The molecule has 2 unspecified atom stereocenters. The van der Waals surface area contributed by atoms with E-state index in [-0.39, 0.29) is 24.0 Å². The molecule has 140 valence electrons. The molecule has 25 heavy (non-hydrogen) atoms. The van der Waals surface area contributed by atoms with Crippen molar-refractivity contribution in [2.45, 2.75) is 65.5 Å². The molecule has 0 radical (unpaired) electrons. The van der Waals surface area contributed by atoms with Crippen molar-refractivity contribution < 1.29 is 9.59 Å². The number of hydrogen-bond acceptors (Lipinski definition) is 2. The highest BCUT2D eigenvalue weighted by Crippen LogP contribution is 2.12. The highest BCUT2D eigenvalue weighted by atomic mass is 16.2. The SMILES string of the molecule is CCCCNC(=O)N(CCC(=O)NC(C)c1ccccc1)C(C)CC. The summed E-state index contributed by atoms with van der Waals surface area (Å²) in [6, 6.07) is 9.87. The lowest BCUT2D eigenvalue weighted by Gasteiger charge is -2.29. The second-order valence-electron chi connectivity index (χ2n) is 6.49. The summed E-state index contributed by atoms with van der Waals surface area (Å²) in [5.41, 5.74) is 1.08. The monoisotopic (exact) mass is 347 g/mol. The number of carbonyl (C=O) groups excluding carboxylic acids is 2. The van der Waals surface area contributed by atoms with Crippen LogP contribution < -0.4 is 10.6 Å². The number of urea groups is 1. The van der Waals surface area contributed by atoms with Gasteiger partial charge in [0.25, 0.3) is 0 Å². The highest BCUT2D eigenvalue weighted by molar-refractivity contribution is 5.78. The predicted molar refractivity (Wildman–Crippen MR) is 102 cm³/mol. The first kappa shape index (κ1) is 21.0. The van der Waals surface area contributed by atoms with Gasteiger partial charge >= 0.3 is 6.03 Å². The third-order valence-electron chi connectivity index (χ3n) is 4.45. The molecule has 0 aliphatic rings. The lowest BCUT2D eigenvalue weighted by Crippen LogP contribution is -2.46. The Labute approximate surface area is 152 Å². The zero-order valence-electron chi connectivity index (χ0n) is 16.0. The van der Waals surface area contributed by atoms with Gasteiger partial charge in [-0.05, 0) is 32.3 Å². The first-order valence-corrected chi connectivity index (χ1v) is 9.38. The van der Waals surface area contributed by atoms with Crippen LogP contribution >= 0.6 is 0 Å². The van der Waals surface area contributed by atoms with Crippen molar-refractivity contribution in [3.8, 4) is 0 Å². The maximum Gasteiger partial charge on any atom is 0.317 e. The third kappa shape index (κ3) is 7.59. The van der Waals surface area contributed by atoms with Gasteiger partial charge in [-0.1, -0.05) is 50.6 Å². The number of unbranched alkanes of at least 4 members (excludes halogenated alkanes) is 1. The van der Waals surface area contributed by atoms with E-state index >= 15 is 0 Å². The molecule has 5 heteroatoms. The summed E-state index contributed by atoms with van der Waals surface area (Å²) in [6.07, 6.45) is 3.19. The van der Waals surface area contributed by atoms with Crippen molar-refractivity contribution in [2.75, 3.05) is 13.1 Å². The van der Waals surface area contributed by atoms with Crippen LogP contribution in [0.3, 0.4) is 0 Å². The Morgan fingerprint density at radius 2 is 1.80 bits per heavy atom. The standard InChI is InChI=1S/C20H33N3O2/c1-5-7-14-21-20(25)23(16(3)6-2)15-13-19(24)22-17(4)18-11-9-8-10-12-18/h8-12,16-17H,5-7,13-15H2,1-4H3,(H,21,25)(H,22,24). The lowest BCUT2D eigenvalue weighted by atomic mass is 10.1. The molecule has 1 aromatic carbocycles.